The summed E-state index contributed by atoms with van der Waals surface area (Å²) in [7, 11) is 0. The van der Waals surface area contributed by atoms with E-state index in [-0.39, 0.29) is 17.4 Å². The highest BCUT2D eigenvalue weighted by atomic mass is 16.5. The van der Waals surface area contributed by atoms with Gasteiger partial charge in [-0.25, -0.2) is 4.68 Å². The summed E-state index contributed by atoms with van der Waals surface area (Å²) < 4.78 is 7.12. The molecule has 4 heterocycles. The predicted molar refractivity (Wildman–Crippen MR) is 109 cm³/mol. The number of carbonyl (C=O) groups is 2. The molecule has 2 amide bonds. The number of aryl methyl sites for hydroxylation is 1. The molecule has 1 saturated heterocycles. The third-order valence-corrected chi connectivity index (χ3v) is 6.13. The second-order valence-electron chi connectivity index (χ2n) is 8.07. The van der Waals surface area contributed by atoms with Crippen molar-refractivity contribution in [1.82, 2.24) is 19.8 Å². The van der Waals surface area contributed by atoms with Crippen molar-refractivity contribution >= 4 is 17.6 Å². The van der Waals surface area contributed by atoms with Crippen LogP contribution in [0.15, 0.2) is 53.2 Å². The van der Waals surface area contributed by atoms with Gasteiger partial charge in [0.2, 0.25) is 5.91 Å². The summed E-state index contributed by atoms with van der Waals surface area (Å²) in [4.78, 5) is 29.5. The summed E-state index contributed by atoms with van der Waals surface area (Å²) in [5.41, 5.74) is 1.02. The van der Waals surface area contributed by atoms with Crippen LogP contribution in [-0.2, 0) is 16.9 Å². The van der Waals surface area contributed by atoms with E-state index in [0.717, 1.165) is 11.6 Å². The van der Waals surface area contributed by atoms with Gasteiger partial charge in [0.05, 0.1) is 24.7 Å². The van der Waals surface area contributed by atoms with Gasteiger partial charge in [-0.1, -0.05) is 23.4 Å². The Morgan fingerprint density at radius 1 is 1.17 bits per heavy atom. The van der Waals surface area contributed by atoms with E-state index >= 15 is 0 Å². The lowest BCUT2D eigenvalue weighted by Gasteiger charge is -2.46. The van der Waals surface area contributed by atoms with Crippen LogP contribution in [0.4, 0.5) is 5.82 Å². The van der Waals surface area contributed by atoms with Crippen molar-refractivity contribution in [2.45, 2.75) is 38.3 Å². The molecule has 0 atom stereocenters. The number of piperidine rings is 1. The second-order valence-corrected chi connectivity index (χ2v) is 8.07. The van der Waals surface area contributed by atoms with Gasteiger partial charge < -0.3 is 9.42 Å². The number of hydrogen-bond donors (Lipinski definition) is 0. The van der Waals surface area contributed by atoms with Crippen LogP contribution in [0.2, 0.25) is 0 Å². The van der Waals surface area contributed by atoms with Gasteiger partial charge >= 0.3 is 0 Å². The summed E-state index contributed by atoms with van der Waals surface area (Å²) >= 11 is 0. The number of carbonyl (C=O) groups excluding carboxylic acids is 2. The number of fused-ring (bicyclic) bond motifs is 2. The standard InChI is InChI=1S/C22H23N5O3/c1-16-13-18(24-30-16)15-26-19-7-10-23-27(19)22(14-20(26)28)8-11-25(12-9-22)21(29)17-5-3-2-4-6-17/h2-7,10,13H,8-9,11-12,14-15H2,1H3. The van der Waals surface area contributed by atoms with Crippen LogP contribution in [-0.4, -0.2) is 44.7 Å². The number of amides is 2. The third kappa shape index (κ3) is 3.08. The SMILES string of the molecule is Cc1cc(CN2C(=O)CC3(CCN(C(=O)c4ccccc4)CC3)n3nccc32)no1. The maximum absolute atomic E-state index is 13.1. The maximum atomic E-state index is 13.1. The van der Waals surface area contributed by atoms with Crippen LogP contribution < -0.4 is 4.90 Å². The minimum absolute atomic E-state index is 0.0382. The van der Waals surface area contributed by atoms with Gasteiger partial charge in [0.15, 0.2) is 0 Å². The number of likely N-dealkylation sites (tertiary alicyclic amines) is 1. The molecule has 154 valence electrons. The maximum Gasteiger partial charge on any atom is 0.253 e. The first kappa shape index (κ1) is 18.6. The molecular formula is C22H23N5O3. The summed E-state index contributed by atoms with van der Waals surface area (Å²) in [5.74, 6) is 1.58. The normalized spacial score (nSPS) is 18.0. The fraction of sp³-hybridized carbons (Fsp3) is 0.364. The molecule has 0 aliphatic carbocycles. The van der Waals surface area contributed by atoms with E-state index in [1.807, 2.05) is 59.0 Å². The van der Waals surface area contributed by atoms with Gasteiger partial charge in [-0.05, 0) is 31.9 Å². The molecular weight excluding hydrogens is 382 g/mol. The quantitative estimate of drug-likeness (QED) is 0.669. The molecule has 1 spiro atoms. The zero-order valence-corrected chi connectivity index (χ0v) is 16.8. The Balaban J connectivity index is 1.36. The van der Waals surface area contributed by atoms with Gasteiger partial charge in [0.1, 0.15) is 17.3 Å². The predicted octanol–water partition coefficient (Wildman–Crippen LogP) is 2.75. The highest BCUT2D eigenvalue weighted by molar-refractivity contribution is 5.95. The van der Waals surface area contributed by atoms with Crippen LogP contribution in [0.25, 0.3) is 0 Å². The molecule has 0 saturated carbocycles. The first-order valence-corrected chi connectivity index (χ1v) is 10.2. The molecule has 1 aromatic carbocycles. The van der Waals surface area contributed by atoms with Crippen molar-refractivity contribution in [3.8, 4) is 0 Å². The molecule has 0 unspecified atom stereocenters. The Hall–Kier alpha value is -3.42. The molecule has 1 fully saturated rings. The first-order valence-electron chi connectivity index (χ1n) is 10.2. The Morgan fingerprint density at radius 2 is 1.93 bits per heavy atom. The van der Waals surface area contributed by atoms with Crippen molar-refractivity contribution < 1.29 is 14.1 Å². The molecule has 8 heteroatoms. The van der Waals surface area contributed by atoms with E-state index in [0.29, 0.717) is 50.2 Å². The second kappa shape index (κ2) is 7.12. The van der Waals surface area contributed by atoms with Crippen molar-refractivity contribution in [1.29, 1.82) is 0 Å². The number of anilines is 1. The van der Waals surface area contributed by atoms with E-state index in [4.69, 9.17) is 4.52 Å². The first-order chi connectivity index (χ1) is 14.6. The minimum Gasteiger partial charge on any atom is -0.361 e. The number of nitrogens with zero attached hydrogens (tertiary/aromatic N) is 5. The lowest BCUT2D eigenvalue weighted by Crippen LogP contribution is -2.54. The van der Waals surface area contributed by atoms with Crippen molar-refractivity contribution in [3.63, 3.8) is 0 Å². The number of hydrogen-bond acceptors (Lipinski definition) is 5. The van der Waals surface area contributed by atoms with Crippen LogP contribution in [0.3, 0.4) is 0 Å². The van der Waals surface area contributed by atoms with Crippen LogP contribution >= 0.6 is 0 Å². The van der Waals surface area contributed by atoms with Gasteiger partial charge in [-0.3, -0.25) is 14.5 Å². The van der Waals surface area contributed by atoms with Gasteiger partial charge in [0.25, 0.3) is 5.91 Å². The topological polar surface area (TPSA) is 84.5 Å². The van der Waals surface area contributed by atoms with Crippen LogP contribution in [0.5, 0.6) is 0 Å². The molecule has 0 N–H and O–H groups in total. The third-order valence-electron chi connectivity index (χ3n) is 6.13. The molecule has 30 heavy (non-hydrogen) atoms. The lowest BCUT2D eigenvalue weighted by molar-refractivity contribution is -0.123. The molecule has 2 aromatic heterocycles. The summed E-state index contributed by atoms with van der Waals surface area (Å²) in [6.45, 7) is 3.39. The van der Waals surface area contributed by atoms with Crippen LogP contribution in [0, 0.1) is 6.92 Å². The van der Waals surface area contributed by atoms with Gasteiger partial charge in [0, 0.05) is 30.8 Å². The zero-order valence-electron chi connectivity index (χ0n) is 16.8. The summed E-state index contributed by atoms with van der Waals surface area (Å²) in [5, 5.41) is 8.59. The Morgan fingerprint density at radius 3 is 2.63 bits per heavy atom. The molecule has 8 nitrogen and oxygen atoms in total. The van der Waals surface area contributed by atoms with Crippen molar-refractivity contribution in [3.05, 3.63) is 65.7 Å². The van der Waals surface area contributed by atoms with Gasteiger partial charge in [-0.2, -0.15) is 5.10 Å². The molecule has 3 aromatic rings. The monoisotopic (exact) mass is 405 g/mol. The minimum atomic E-state index is -0.389. The van der Waals surface area contributed by atoms with Crippen molar-refractivity contribution in [2.24, 2.45) is 0 Å². The molecule has 2 aliphatic heterocycles. The number of rotatable bonds is 3. The van der Waals surface area contributed by atoms with Crippen molar-refractivity contribution in [2.75, 3.05) is 18.0 Å². The Kier molecular flexibility index (Phi) is 4.42. The highest BCUT2D eigenvalue weighted by Gasteiger charge is 2.46. The largest absolute Gasteiger partial charge is 0.361 e. The average Bonchev–Trinajstić information content (AvgIpc) is 3.41. The summed E-state index contributed by atoms with van der Waals surface area (Å²) in [6.07, 6.45) is 3.50. The van der Waals surface area contributed by atoms with E-state index in [2.05, 4.69) is 10.3 Å². The summed E-state index contributed by atoms with van der Waals surface area (Å²) in [6, 6.07) is 13.0. The number of benzene rings is 1. The Bertz CT molecular complexity index is 1080. The van der Waals surface area contributed by atoms with E-state index in [1.165, 1.54) is 0 Å². The molecule has 2 aliphatic rings. The van der Waals surface area contributed by atoms with E-state index in [9.17, 15) is 9.59 Å². The van der Waals surface area contributed by atoms with E-state index in [1.54, 1.807) is 11.1 Å². The number of aromatic nitrogens is 3. The van der Waals surface area contributed by atoms with Gasteiger partial charge in [-0.15, -0.1) is 0 Å². The average molecular weight is 405 g/mol. The fourth-order valence-corrected chi connectivity index (χ4v) is 4.55. The fourth-order valence-electron chi connectivity index (χ4n) is 4.55. The zero-order chi connectivity index (χ0) is 20.7. The van der Waals surface area contributed by atoms with Crippen LogP contribution in [0.1, 0.15) is 41.1 Å². The molecule has 0 bridgehead atoms. The lowest BCUT2D eigenvalue weighted by atomic mass is 9.82. The molecule has 0 radical (unpaired) electrons. The Labute approximate surface area is 174 Å². The highest BCUT2D eigenvalue weighted by Crippen LogP contribution is 2.41. The smallest absolute Gasteiger partial charge is 0.253 e. The van der Waals surface area contributed by atoms with E-state index < -0.39 is 0 Å². The molecule has 5 rings (SSSR count).